The van der Waals surface area contributed by atoms with Crippen LogP contribution >= 0.6 is 0 Å². The fourth-order valence-electron chi connectivity index (χ4n) is 2.46. The first-order chi connectivity index (χ1) is 12.3. The third-order valence-corrected chi connectivity index (χ3v) is 5.14. The van der Waals surface area contributed by atoms with Crippen LogP contribution in [-0.2, 0) is 24.2 Å². The topological polar surface area (TPSA) is 82.1 Å². The summed E-state index contributed by atoms with van der Waals surface area (Å²) in [5.41, 5.74) is 0.921. The third-order valence-electron chi connectivity index (χ3n) is 3.95. The van der Waals surface area contributed by atoms with E-state index in [1.165, 1.54) is 26.3 Å². The molecule has 0 saturated carbocycles. The van der Waals surface area contributed by atoms with Crippen molar-refractivity contribution in [1.29, 1.82) is 0 Å². The smallest absolute Gasteiger partial charge is 0.340 e. The lowest BCUT2D eigenvalue weighted by molar-refractivity contribution is -0.154. The maximum absolute atomic E-state index is 12.0. The number of anilines is 1. The van der Waals surface area contributed by atoms with Gasteiger partial charge in [-0.2, -0.15) is 0 Å². The summed E-state index contributed by atoms with van der Waals surface area (Å²) >= 11 is 0. The Balaban J connectivity index is 2.15. The lowest BCUT2D eigenvalue weighted by atomic mass is 10.1. The van der Waals surface area contributed by atoms with Crippen LogP contribution in [0.15, 0.2) is 18.2 Å². The highest BCUT2D eigenvalue weighted by molar-refractivity contribution is 7.92. The Morgan fingerprint density at radius 2 is 2.15 bits per heavy atom. The fraction of sp³-hybridized carbons (Fsp3) is 0.500. The van der Waals surface area contributed by atoms with E-state index in [2.05, 4.69) is 11.8 Å². The minimum atomic E-state index is -3.51. The zero-order chi connectivity index (χ0) is 19.2. The Morgan fingerprint density at radius 3 is 2.77 bits per heavy atom. The van der Waals surface area contributed by atoms with E-state index < -0.39 is 16.0 Å². The molecule has 1 aliphatic heterocycles. The largest absolute Gasteiger partial charge is 0.465 e. The number of sulfonamides is 1. The van der Waals surface area contributed by atoms with Gasteiger partial charge in [-0.25, -0.2) is 13.2 Å². The number of rotatable bonds is 5. The van der Waals surface area contributed by atoms with Gasteiger partial charge in [0, 0.05) is 19.2 Å². The second-order valence-corrected chi connectivity index (χ2v) is 7.88. The fourth-order valence-corrected chi connectivity index (χ4v) is 2.97. The van der Waals surface area contributed by atoms with Crippen LogP contribution in [0.25, 0.3) is 0 Å². The van der Waals surface area contributed by atoms with Gasteiger partial charge in [0.2, 0.25) is 10.0 Å². The zero-order valence-corrected chi connectivity index (χ0v) is 16.0. The minimum absolute atomic E-state index is 0.128. The molecule has 1 fully saturated rings. The van der Waals surface area contributed by atoms with Crippen molar-refractivity contribution >= 4 is 21.7 Å². The summed E-state index contributed by atoms with van der Waals surface area (Å²) in [6.07, 6.45) is 3.84. The SMILES string of the molecule is COC(=O)c1cc(C#CCOC2CCCCO2)ccc1N(C)S(C)(=O)=O. The molecule has 1 aromatic rings. The van der Waals surface area contributed by atoms with Crippen LogP contribution in [0.4, 0.5) is 5.69 Å². The number of esters is 1. The Morgan fingerprint density at radius 1 is 1.38 bits per heavy atom. The van der Waals surface area contributed by atoms with Gasteiger partial charge in [0.05, 0.1) is 24.6 Å². The predicted molar refractivity (Wildman–Crippen MR) is 97.4 cm³/mol. The lowest BCUT2D eigenvalue weighted by Gasteiger charge is -2.21. The molecule has 2 rings (SSSR count). The first-order valence-electron chi connectivity index (χ1n) is 8.21. The van der Waals surface area contributed by atoms with Gasteiger partial charge in [0.25, 0.3) is 0 Å². The molecule has 1 heterocycles. The number of methoxy groups -OCH3 is 1. The molecule has 0 aliphatic carbocycles. The van der Waals surface area contributed by atoms with E-state index in [0.29, 0.717) is 12.2 Å². The minimum Gasteiger partial charge on any atom is -0.465 e. The van der Waals surface area contributed by atoms with Gasteiger partial charge in [0.1, 0.15) is 6.61 Å². The van der Waals surface area contributed by atoms with Gasteiger partial charge in [-0.15, -0.1) is 0 Å². The highest BCUT2D eigenvalue weighted by Crippen LogP contribution is 2.23. The average Bonchev–Trinajstić information content (AvgIpc) is 2.64. The summed E-state index contributed by atoms with van der Waals surface area (Å²) in [6, 6.07) is 4.68. The number of carbonyl (C=O) groups is 1. The molecular formula is C18H23NO6S. The maximum atomic E-state index is 12.0. The quantitative estimate of drug-likeness (QED) is 0.571. The Kier molecular flexibility index (Phi) is 7.03. The number of hydrogen-bond acceptors (Lipinski definition) is 6. The molecule has 1 atom stereocenters. The van der Waals surface area contributed by atoms with Gasteiger partial charge in [0.15, 0.2) is 6.29 Å². The van der Waals surface area contributed by atoms with Gasteiger partial charge in [-0.3, -0.25) is 4.31 Å². The van der Waals surface area contributed by atoms with Crippen molar-refractivity contribution in [3.05, 3.63) is 29.3 Å². The van der Waals surface area contributed by atoms with Gasteiger partial charge in [-0.05, 0) is 37.5 Å². The number of nitrogens with zero attached hydrogens (tertiary/aromatic N) is 1. The standard InChI is InChI=1S/C18H23NO6S/c1-19(26(3,21)22)16-10-9-14(13-15(16)18(20)23-2)7-6-12-25-17-8-4-5-11-24-17/h9-10,13,17H,4-5,8,11-12H2,1-3H3. The zero-order valence-electron chi connectivity index (χ0n) is 15.1. The second kappa shape index (κ2) is 9.03. The first kappa shape index (κ1) is 20.2. The van der Waals surface area contributed by atoms with Crippen molar-refractivity contribution in [1.82, 2.24) is 0 Å². The predicted octanol–water partition coefficient (Wildman–Crippen LogP) is 1.76. The number of ether oxygens (including phenoxy) is 3. The van der Waals surface area contributed by atoms with E-state index in [9.17, 15) is 13.2 Å². The average molecular weight is 381 g/mol. The highest BCUT2D eigenvalue weighted by atomic mass is 32.2. The van der Waals surface area contributed by atoms with E-state index in [1.54, 1.807) is 6.07 Å². The van der Waals surface area contributed by atoms with Crippen LogP contribution in [0.1, 0.15) is 35.2 Å². The maximum Gasteiger partial charge on any atom is 0.340 e. The van der Waals surface area contributed by atoms with Crippen LogP contribution in [0, 0.1) is 11.8 Å². The van der Waals surface area contributed by atoms with E-state index in [-0.39, 0.29) is 24.1 Å². The number of carbonyl (C=O) groups excluding carboxylic acids is 1. The van der Waals surface area contributed by atoms with Crippen LogP contribution in [-0.4, -0.2) is 54.3 Å². The molecular weight excluding hydrogens is 358 g/mol. The molecule has 0 bridgehead atoms. The number of hydrogen-bond donors (Lipinski definition) is 0. The van der Waals surface area contributed by atoms with E-state index >= 15 is 0 Å². The Bertz CT molecular complexity index is 803. The van der Waals surface area contributed by atoms with Gasteiger partial charge < -0.3 is 14.2 Å². The molecule has 0 amide bonds. The molecule has 26 heavy (non-hydrogen) atoms. The summed E-state index contributed by atoms with van der Waals surface area (Å²) < 4.78 is 40.3. The highest BCUT2D eigenvalue weighted by Gasteiger charge is 2.20. The molecule has 1 aromatic carbocycles. The summed E-state index contributed by atoms with van der Waals surface area (Å²) in [4.78, 5) is 12.0. The summed E-state index contributed by atoms with van der Waals surface area (Å²) in [5.74, 6) is 5.14. The number of benzene rings is 1. The Labute approximate surface area is 154 Å². The van der Waals surface area contributed by atoms with Crippen molar-refractivity contribution in [3.63, 3.8) is 0 Å². The summed E-state index contributed by atoms with van der Waals surface area (Å²) in [6.45, 7) is 0.916. The molecule has 1 unspecified atom stereocenters. The van der Waals surface area contributed by atoms with Crippen LogP contribution in [0.2, 0.25) is 0 Å². The molecule has 0 spiro atoms. The van der Waals surface area contributed by atoms with Crippen molar-refractivity contribution in [2.75, 3.05) is 37.9 Å². The van der Waals surface area contributed by atoms with Crippen molar-refractivity contribution < 1.29 is 27.4 Å². The third kappa shape index (κ3) is 5.46. The normalized spacial score (nSPS) is 17.1. The monoisotopic (exact) mass is 381 g/mol. The van der Waals surface area contributed by atoms with Crippen LogP contribution < -0.4 is 4.31 Å². The first-order valence-corrected chi connectivity index (χ1v) is 10.1. The van der Waals surface area contributed by atoms with Crippen molar-refractivity contribution in [2.24, 2.45) is 0 Å². The molecule has 0 radical (unpaired) electrons. The summed E-state index contributed by atoms with van der Waals surface area (Å²) in [5, 5.41) is 0. The summed E-state index contributed by atoms with van der Waals surface area (Å²) in [7, 11) is -0.896. The lowest BCUT2D eigenvalue weighted by Crippen LogP contribution is -2.27. The van der Waals surface area contributed by atoms with Crippen LogP contribution in [0.5, 0.6) is 0 Å². The van der Waals surface area contributed by atoms with E-state index in [0.717, 1.165) is 29.8 Å². The van der Waals surface area contributed by atoms with Gasteiger partial charge >= 0.3 is 5.97 Å². The van der Waals surface area contributed by atoms with Crippen LogP contribution in [0.3, 0.4) is 0 Å². The van der Waals surface area contributed by atoms with Crippen molar-refractivity contribution in [2.45, 2.75) is 25.6 Å². The van der Waals surface area contributed by atoms with E-state index in [1.807, 2.05) is 0 Å². The van der Waals surface area contributed by atoms with E-state index in [4.69, 9.17) is 14.2 Å². The second-order valence-electron chi connectivity index (χ2n) is 5.86. The molecule has 0 aromatic heterocycles. The van der Waals surface area contributed by atoms with Gasteiger partial charge in [-0.1, -0.05) is 11.8 Å². The molecule has 8 heteroatoms. The van der Waals surface area contributed by atoms with Crippen molar-refractivity contribution in [3.8, 4) is 11.8 Å². The molecule has 1 aliphatic rings. The molecule has 7 nitrogen and oxygen atoms in total. The molecule has 142 valence electrons. The molecule has 1 saturated heterocycles. The Hall–Kier alpha value is -2.08. The molecule has 0 N–H and O–H groups in total.